The highest BCUT2D eigenvalue weighted by molar-refractivity contribution is 6.03. The maximum absolute atomic E-state index is 13.5. The molecule has 1 saturated heterocycles. The van der Waals surface area contributed by atoms with Gasteiger partial charge in [0.05, 0.1) is 24.8 Å². The Bertz CT molecular complexity index is 1060. The normalized spacial score (nSPS) is 27.1. The summed E-state index contributed by atoms with van der Waals surface area (Å²) in [6, 6.07) is 18.4. The van der Waals surface area contributed by atoms with Crippen LogP contribution >= 0.6 is 0 Å². The van der Waals surface area contributed by atoms with E-state index in [9.17, 15) is 4.79 Å². The molecule has 2 aromatic carbocycles. The van der Waals surface area contributed by atoms with Gasteiger partial charge in [0.25, 0.3) is 0 Å². The van der Waals surface area contributed by atoms with Gasteiger partial charge in [-0.25, -0.2) is 10.4 Å². The van der Waals surface area contributed by atoms with Gasteiger partial charge in [0.1, 0.15) is 11.6 Å². The van der Waals surface area contributed by atoms with Crippen molar-refractivity contribution in [2.75, 3.05) is 7.11 Å². The zero-order valence-corrected chi connectivity index (χ0v) is 17.6. The van der Waals surface area contributed by atoms with E-state index in [1.165, 1.54) is 5.56 Å². The van der Waals surface area contributed by atoms with E-state index >= 15 is 0 Å². The van der Waals surface area contributed by atoms with Gasteiger partial charge in [0.2, 0.25) is 0 Å². The van der Waals surface area contributed by atoms with Crippen molar-refractivity contribution in [3.05, 3.63) is 77.0 Å². The standard InChI is InChI=1S/C25H27N3O2/c1-25(2)13-17-21(18(29)14-25)20(16-11-7-8-12-19(16)30-3)22-23(27-28-24(22)26-17)15-9-5-4-6-10-15/h4-12,20,22-23,27H,13-14H2,1-3H3,(H,26,28). The Morgan fingerprint density at radius 1 is 1.03 bits per heavy atom. The summed E-state index contributed by atoms with van der Waals surface area (Å²) in [6.07, 6.45) is 1.35. The number of hydrogen-bond donors (Lipinski definition) is 2. The Labute approximate surface area is 177 Å². The number of nitrogens with zero attached hydrogens (tertiary/aromatic N) is 1. The molecule has 0 aromatic heterocycles. The first-order chi connectivity index (χ1) is 14.5. The number of methoxy groups -OCH3 is 1. The number of hydrazine groups is 1. The lowest BCUT2D eigenvalue weighted by atomic mass is 9.66. The summed E-state index contributed by atoms with van der Waals surface area (Å²) in [5.74, 6) is 1.81. The molecule has 0 radical (unpaired) electrons. The van der Waals surface area contributed by atoms with Crippen LogP contribution in [-0.2, 0) is 4.79 Å². The van der Waals surface area contributed by atoms with Crippen molar-refractivity contribution in [3.63, 3.8) is 0 Å². The van der Waals surface area contributed by atoms with Gasteiger partial charge in [0, 0.05) is 23.5 Å². The van der Waals surface area contributed by atoms with Crippen LogP contribution in [0, 0.1) is 11.3 Å². The molecule has 2 N–H and O–H groups in total. The first-order valence-corrected chi connectivity index (χ1v) is 10.5. The van der Waals surface area contributed by atoms with Gasteiger partial charge in [-0.3, -0.25) is 4.79 Å². The average molecular weight is 402 g/mol. The molecular formula is C25H27N3O2. The van der Waals surface area contributed by atoms with E-state index in [-0.39, 0.29) is 29.1 Å². The van der Waals surface area contributed by atoms with Crippen molar-refractivity contribution in [1.82, 2.24) is 10.9 Å². The summed E-state index contributed by atoms with van der Waals surface area (Å²) in [7, 11) is 1.69. The van der Waals surface area contributed by atoms with Crippen molar-refractivity contribution >= 4 is 11.6 Å². The second-order valence-electron chi connectivity index (χ2n) is 9.20. The van der Waals surface area contributed by atoms with E-state index in [1.807, 2.05) is 36.4 Å². The molecule has 2 aliphatic heterocycles. The molecule has 0 bridgehead atoms. The van der Waals surface area contributed by atoms with Crippen LogP contribution < -0.4 is 15.6 Å². The molecule has 154 valence electrons. The van der Waals surface area contributed by atoms with E-state index in [0.717, 1.165) is 34.8 Å². The largest absolute Gasteiger partial charge is 0.496 e. The van der Waals surface area contributed by atoms with Gasteiger partial charge in [-0.2, -0.15) is 0 Å². The topological polar surface area (TPSA) is 62.7 Å². The lowest BCUT2D eigenvalue weighted by Gasteiger charge is -2.39. The minimum Gasteiger partial charge on any atom is -0.496 e. The average Bonchev–Trinajstić information content (AvgIpc) is 3.15. The number of Topliss-reactive ketones (excluding diaryl/α,β-unsaturated/α-hetero) is 1. The number of amidine groups is 1. The van der Waals surface area contributed by atoms with Crippen LogP contribution in [0.4, 0.5) is 0 Å². The number of aliphatic imine (C=N–C) groups is 1. The lowest BCUT2D eigenvalue weighted by Crippen LogP contribution is -2.38. The van der Waals surface area contributed by atoms with Crippen LogP contribution in [0.2, 0.25) is 0 Å². The van der Waals surface area contributed by atoms with Gasteiger partial charge >= 0.3 is 0 Å². The summed E-state index contributed by atoms with van der Waals surface area (Å²) in [5.41, 5.74) is 10.7. The molecule has 1 fully saturated rings. The number of nitrogens with one attached hydrogen (secondary N) is 2. The fraction of sp³-hybridized carbons (Fsp3) is 0.360. The molecule has 0 spiro atoms. The van der Waals surface area contributed by atoms with E-state index in [4.69, 9.17) is 9.73 Å². The van der Waals surface area contributed by atoms with Gasteiger partial charge in [0.15, 0.2) is 5.78 Å². The highest BCUT2D eigenvalue weighted by Gasteiger charge is 2.49. The maximum Gasteiger partial charge on any atom is 0.161 e. The monoisotopic (exact) mass is 401 g/mol. The quantitative estimate of drug-likeness (QED) is 0.805. The van der Waals surface area contributed by atoms with Crippen molar-refractivity contribution < 1.29 is 9.53 Å². The first kappa shape index (κ1) is 19.1. The number of carbonyl (C=O) groups excluding carboxylic acids is 1. The third-order valence-electron chi connectivity index (χ3n) is 6.49. The summed E-state index contributed by atoms with van der Waals surface area (Å²) in [6.45, 7) is 4.29. The molecule has 0 amide bonds. The van der Waals surface area contributed by atoms with Crippen molar-refractivity contribution in [1.29, 1.82) is 0 Å². The van der Waals surface area contributed by atoms with Crippen LogP contribution in [0.15, 0.2) is 70.9 Å². The number of hydrogen-bond acceptors (Lipinski definition) is 5. The molecule has 5 nitrogen and oxygen atoms in total. The molecule has 2 aromatic rings. The minimum atomic E-state index is -0.111. The molecular weight excluding hydrogens is 374 g/mol. The Morgan fingerprint density at radius 3 is 2.53 bits per heavy atom. The number of rotatable bonds is 3. The van der Waals surface area contributed by atoms with Crippen LogP contribution in [-0.4, -0.2) is 18.7 Å². The Kier molecular flexibility index (Phi) is 4.51. The summed E-state index contributed by atoms with van der Waals surface area (Å²) >= 11 is 0. The van der Waals surface area contributed by atoms with E-state index < -0.39 is 0 Å². The summed E-state index contributed by atoms with van der Waals surface area (Å²) in [4.78, 5) is 18.4. The highest BCUT2D eigenvalue weighted by Crippen LogP contribution is 2.52. The Morgan fingerprint density at radius 2 is 1.77 bits per heavy atom. The molecule has 30 heavy (non-hydrogen) atoms. The summed E-state index contributed by atoms with van der Waals surface area (Å²) < 4.78 is 5.73. The van der Waals surface area contributed by atoms with Gasteiger partial charge < -0.3 is 10.2 Å². The Hall–Kier alpha value is -2.92. The van der Waals surface area contributed by atoms with Crippen LogP contribution in [0.25, 0.3) is 0 Å². The van der Waals surface area contributed by atoms with E-state index in [1.54, 1.807) is 7.11 Å². The predicted molar refractivity (Wildman–Crippen MR) is 117 cm³/mol. The second kappa shape index (κ2) is 7.10. The first-order valence-electron chi connectivity index (χ1n) is 10.5. The second-order valence-corrected chi connectivity index (χ2v) is 9.20. The molecule has 0 saturated carbocycles. The van der Waals surface area contributed by atoms with Crippen LogP contribution in [0.3, 0.4) is 0 Å². The summed E-state index contributed by atoms with van der Waals surface area (Å²) in [5, 5.41) is 0. The fourth-order valence-corrected chi connectivity index (χ4v) is 5.24. The SMILES string of the molecule is COc1ccccc1C1C2=C(CC(C)(C)CC2=O)N=C2NNC(c3ccccc3)C21. The number of para-hydroxylation sites is 1. The minimum absolute atomic E-state index is 0.00684. The van der Waals surface area contributed by atoms with Crippen LogP contribution in [0.1, 0.15) is 49.8 Å². The van der Waals surface area contributed by atoms with Gasteiger partial charge in [-0.05, 0) is 23.5 Å². The van der Waals surface area contributed by atoms with E-state index in [2.05, 4.69) is 42.9 Å². The third-order valence-corrected chi connectivity index (χ3v) is 6.49. The number of benzene rings is 2. The number of carbonyl (C=O) groups is 1. The molecule has 5 rings (SSSR count). The van der Waals surface area contributed by atoms with Crippen molar-refractivity contribution in [2.24, 2.45) is 16.3 Å². The number of ketones is 1. The van der Waals surface area contributed by atoms with E-state index in [0.29, 0.717) is 6.42 Å². The van der Waals surface area contributed by atoms with Gasteiger partial charge in [-0.1, -0.05) is 62.4 Å². The van der Waals surface area contributed by atoms with Crippen molar-refractivity contribution in [3.8, 4) is 5.75 Å². The molecule has 2 heterocycles. The maximum atomic E-state index is 13.5. The molecule has 3 aliphatic rings. The highest BCUT2D eigenvalue weighted by atomic mass is 16.5. The zero-order chi connectivity index (χ0) is 20.9. The number of fused-ring (bicyclic) bond motifs is 1. The smallest absolute Gasteiger partial charge is 0.161 e. The van der Waals surface area contributed by atoms with Crippen molar-refractivity contribution in [2.45, 2.75) is 38.6 Å². The number of ether oxygens (including phenoxy) is 1. The molecule has 5 heteroatoms. The third kappa shape index (κ3) is 3.05. The fourth-order valence-electron chi connectivity index (χ4n) is 5.24. The molecule has 3 atom stereocenters. The molecule has 1 aliphatic carbocycles. The number of allylic oxidation sites excluding steroid dienone is 2. The van der Waals surface area contributed by atoms with Crippen LogP contribution in [0.5, 0.6) is 5.75 Å². The Balaban J connectivity index is 1.70. The zero-order valence-electron chi connectivity index (χ0n) is 17.6. The molecule has 3 unspecified atom stereocenters. The van der Waals surface area contributed by atoms with Gasteiger partial charge in [-0.15, -0.1) is 0 Å². The predicted octanol–water partition coefficient (Wildman–Crippen LogP) is 4.30. The lowest BCUT2D eigenvalue weighted by molar-refractivity contribution is -0.118.